The van der Waals surface area contributed by atoms with Crippen LogP contribution in [0.1, 0.15) is 36.0 Å². The molecule has 0 bridgehead atoms. The third-order valence-corrected chi connectivity index (χ3v) is 6.47. The van der Waals surface area contributed by atoms with Gasteiger partial charge in [-0.2, -0.15) is 8.42 Å². The number of hydrogen-bond acceptors (Lipinski definition) is 7. The number of carbonyl (C=O) groups is 1. The van der Waals surface area contributed by atoms with Crippen LogP contribution in [0.2, 0.25) is 0 Å². The molecule has 1 fully saturated rings. The first-order chi connectivity index (χ1) is 14.0. The fourth-order valence-electron chi connectivity index (χ4n) is 3.71. The Hall–Kier alpha value is -3.07. The second kappa shape index (κ2) is 6.77. The van der Waals surface area contributed by atoms with Crippen LogP contribution in [0.4, 0.5) is 5.69 Å². The average Bonchev–Trinajstić information content (AvgIpc) is 3.05. The van der Waals surface area contributed by atoms with E-state index in [4.69, 9.17) is 14.2 Å². The maximum atomic E-state index is 12.7. The van der Waals surface area contributed by atoms with Gasteiger partial charge in [0.15, 0.2) is 11.5 Å². The minimum absolute atomic E-state index is 0.0308. The molecule has 8 nitrogen and oxygen atoms in total. The molecule has 9 heteroatoms. The Kier molecular flexibility index (Phi) is 4.20. The van der Waals surface area contributed by atoms with Crippen LogP contribution in [0.3, 0.4) is 0 Å². The molecular weight excluding hydrogens is 396 g/mol. The van der Waals surface area contributed by atoms with E-state index in [1.807, 2.05) is 4.90 Å². The number of carbonyl (C=O) groups excluding carboxylic acids is 1. The summed E-state index contributed by atoms with van der Waals surface area (Å²) >= 11 is 0. The van der Waals surface area contributed by atoms with Crippen molar-refractivity contribution < 1.29 is 27.4 Å². The first-order valence-electron chi connectivity index (χ1n) is 9.38. The van der Waals surface area contributed by atoms with Crippen molar-refractivity contribution in [3.63, 3.8) is 0 Å². The minimum atomic E-state index is -3.86. The molecule has 1 saturated heterocycles. The Morgan fingerprint density at radius 3 is 2.79 bits per heavy atom. The van der Waals surface area contributed by atoms with Crippen LogP contribution in [-0.4, -0.2) is 33.6 Å². The van der Waals surface area contributed by atoms with Crippen LogP contribution in [0, 0.1) is 0 Å². The number of amidine groups is 1. The molecule has 0 saturated carbocycles. The molecule has 0 N–H and O–H groups in total. The predicted octanol–water partition coefficient (Wildman–Crippen LogP) is 3.12. The fourth-order valence-corrected chi connectivity index (χ4v) is 5.00. The van der Waals surface area contributed by atoms with Gasteiger partial charge < -0.3 is 19.1 Å². The van der Waals surface area contributed by atoms with E-state index in [0.717, 1.165) is 19.3 Å². The molecular formula is C20H18N2O6S. The molecule has 0 unspecified atom stereocenters. The van der Waals surface area contributed by atoms with Crippen molar-refractivity contribution in [1.82, 2.24) is 0 Å². The lowest BCUT2D eigenvalue weighted by molar-refractivity contribution is 0.0734. The maximum absolute atomic E-state index is 12.7. The zero-order valence-electron chi connectivity index (χ0n) is 15.5. The van der Waals surface area contributed by atoms with Gasteiger partial charge in [0, 0.05) is 19.0 Å². The Labute approximate surface area is 167 Å². The summed E-state index contributed by atoms with van der Waals surface area (Å²) in [5, 5.41) is 0. The molecule has 3 aliphatic heterocycles. The molecule has 150 valence electrons. The highest BCUT2D eigenvalue weighted by Gasteiger charge is 2.32. The summed E-state index contributed by atoms with van der Waals surface area (Å²) in [5.74, 6) is 1.27. The molecule has 5 rings (SSSR count). The highest BCUT2D eigenvalue weighted by Crippen LogP contribution is 2.37. The Morgan fingerprint density at radius 2 is 1.90 bits per heavy atom. The zero-order chi connectivity index (χ0) is 20.0. The number of hydrogen-bond donors (Lipinski definition) is 0. The lowest BCUT2D eigenvalue weighted by atomic mass is 10.2. The van der Waals surface area contributed by atoms with E-state index in [1.54, 1.807) is 30.3 Å². The molecule has 3 heterocycles. The normalized spacial score (nSPS) is 18.9. The summed E-state index contributed by atoms with van der Waals surface area (Å²) in [7, 11) is -3.86. The molecule has 0 radical (unpaired) electrons. The van der Waals surface area contributed by atoms with E-state index in [9.17, 15) is 13.2 Å². The standard InChI is InChI=1S/C20H18N2O6S/c23-20(28-14-6-8-16-17(11-14)27-12-26-16)13-5-7-15-18(10-13)29(24,25)21-19-4-2-1-3-9-22(15)19/h5-8,10-11H,1-4,9,12H2. The Bertz CT molecular complexity index is 1140. The maximum Gasteiger partial charge on any atom is 0.343 e. The lowest BCUT2D eigenvalue weighted by Crippen LogP contribution is -2.35. The van der Waals surface area contributed by atoms with Crippen LogP contribution >= 0.6 is 0 Å². The van der Waals surface area contributed by atoms with Crippen LogP contribution in [0.15, 0.2) is 45.7 Å². The first-order valence-corrected chi connectivity index (χ1v) is 10.8. The van der Waals surface area contributed by atoms with Gasteiger partial charge in [0.2, 0.25) is 6.79 Å². The molecule has 0 atom stereocenters. The number of fused-ring (bicyclic) bond motifs is 4. The van der Waals surface area contributed by atoms with Crippen LogP contribution in [-0.2, 0) is 10.0 Å². The number of sulfonamides is 1. The van der Waals surface area contributed by atoms with Gasteiger partial charge in [-0.15, -0.1) is 4.40 Å². The third kappa shape index (κ3) is 3.21. The molecule has 2 aromatic carbocycles. The van der Waals surface area contributed by atoms with Crippen LogP contribution < -0.4 is 19.1 Å². The fraction of sp³-hybridized carbons (Fsp3) is 0.300. The van der Waals surface area contributed by atoms with Gasteiger partial charge in [-0.3, -0.25) is 0 Å². The van der Waals surface area contributed by atoms with Crippen LogP contribution in [0.5, 0.6) is 17.2 Å². The minimum Gasteiger partial charge on any atom is -0.454 e. The highest BCUT2D eigenvalue weighted by molar-refractivity contribution is 7.90. The molecule has 2 aromatic rings. The summed E-state index contributed by atoms with van der Waals surface area (Å²) < 4.78 is 45.3. The number of esters is 1. The van der Waals surface area contributed by atoms with Gasteiger partial charge in [-0.1, -0.05) is 6.42 Å². The molecule has 0 aliphatic carbocycles. The van der Waals surface area contributed by atoms with Gasteiger partial charge >= 0.3 is 5.97 Å². The van der Waals surface area contributed by atoms with Gasteiger partial charge in [-0.05, 0) is 43.2 Å². The SMILES string of the molecule is O=C(Oc1ccc2c(c1)OCO2)c1ccc2c(c1)S(=O)(=O)N=C1CCCCCN12. The van der Waals surface area contributed by atoms with Crippen molar-refractivity contribution in [1.29, 1.82) is 0 Å². The predicted molar refractivity (Wildman–Crippen MR) is 104 cm³/mol. The molecule has 0 aromatic heterocycles. The van der Waals surface area contributed by atoms with Crippen molar-refractivity contribution in [2.24, 2.45) is 4.40 Å². The van der Waals surface area contributed by atoms with Gasteiger partial charge in [0.1, 0.15) is 16.5 Å². The van der Waals surface area contributed by atoms with Crippen LogP contribution in [0.25, 0.3) is 0 Å². The number of ether oxygens (including phenoxy) is 3. The third-order valence-electron chi connectivity index (χ3n) is 5.14. The summed E-state index contributed by atoms with van der Waals surface area (Å²) in [6.45, 7) is 0.830. The molecule has 29 heavy (non-hydrogen) atoms. The second-order valence-corrected chi connectivity index (χ2v) is 8.60. The number of rotatable bonds is 2. The Morgan fingerprint density at radius 1 is 1.03 bits per heavy atom. The zero-order valence-corrected chi connectivity index (χ0v) is 16.3. The average molecular weight is 414 g/mol. The molecule has 3 aliphatic rings. The van der Waals surface area contributed by atoms with E-state index >= 15 is 0 Å². The van der Waals surface area contributed by atoms with Crippen molar-refractivity contribution in [3.8, 4) is 17.2 Å². The quantitative estimate of drug-likeness (QED) is 0.550. The van der Waals surface area contributed by atoms with Crippen molar-refractivity contribution >= 4 is 27.5 Å². The molecule has 0 amide bonds. The lowest BCUT2D eigenvalue weighted by Gasteiger charge is -2.29. The molecule has 0 spiro atoms. The first kappa shape index (κ1) is 18.0. The van der Waals surface area contributed by atoms with Crippen molar-refractivity contribution in [2.45, 2.75) is 30.6 Å². The van der Waals surface area contributed by atoms with E-state index in [1.165, 1.54) is 6.07 Å². The van der Waals surface area contributed by atoms with Crippen molar-refractivity contribution in [3.05, 3.63) is 42.0 Å². The van der Waals surface area contributed by atoms with Gasteiger partial charge in [0.25, 0.3) is 10.0 Å². The van der Waals surface area contributed by atoms with Gasteiger partial charge in [-0.25, -0.2) is 4.79 Å². The second-order valence-electron chi connectivity index (χ2n) is 7.03. The van der Waals surface area contributed by atoms with Crippen molar-refractivity contribution in [2.75, 3.05) is 18.2 Å². The summed E-state index contributed by atoms with van der Waals surface area (Å²) in [5.41, 5.74) is 0.704. The highest BCUT2D eigenvalue weighted by atomic mass is 32.2. The summed E-state index contributed by atoms with van der Waals surface area (Å²) in [6, 6.07) is 9.38. The number of benzene rings is 2. The number of nitrogens with zero attached hydrogens (tertiary/aromatic N) is 2. The van der Waals surface area contributed by atoms with E-state index in [-0.39, 0.29) is 23.0 Å². The topological polar surface area (TPSA) is 94.5 Å². The Balaban J connectivity index is 1.46. The smallest absolute Gasteiger partial charge is 0.343 e. The van der Waals surface area contributed by atoms with E-state index < -0.39 is 16.0 Å². The summed E-state index contributed by atoms with van der Waals surface area (Å²) in [6.07, 6.45) is 3.55. The monoisotopic (exact) mass is 414 g/mol. The largest absolute Gasteiger partial charge is 0.454 e. The number of anilines is 1. The van der Waals surface area contributed by atoms with Gasteiger partial charge in [0.05, 0.1) is 11.3 Å². The van der Waals surface area contributed by atoms with E-state index in [2.05, 4.69) is 4.40 Å². The van der Waals surface area contributed by atoms with E-state index in [0.29, 0.717) is 36.0 Å². The summed E-state index contributed by atoms with van der Waals surface area (Å²) in [4.78, 5) is 14.6.